The lowest BCUT2D eigenvalue weighted by molar-refractivity contribution is -0.131. The average Bonchev–Trinajstić information content (AvgIpc) is 1.89. The smallest absolute Gasteiger partial charge is 0.233 e. The van der Waals surface area contributed by atoms with Gasteiger partial charge in [0.25, 0.3) is 0 Å². The molecule has 0 saturated carbocycles. The molecule has 1 amide bonds. The summed E-state index contributed by atoms with van der Waals surface area (Å²) in [6, 6.07) is 0. The van der Waals surface area contributed by atoms with Gasteiger partial charge in [0.05, 0.1) is 0 Å². The zero-order chi connectivity index (χ0) is 7.98. The molecule has 0 fully saturated rings. The molecule has 0 radical (unpaired) electrons. The molecule has 0 aromatic heterocycles. The first kappa shape index (κ1) is 9.17. The second-order valence-electron chi connectivity index (χ2n) is 1.91. The highest BCUT2D eigenvalue weighted by Crippen LogP contribution is 1.81. The third-order valence-corrected chi connectivity index (χ3v) is 1.12. The second-order valence-corrected chi connectivity index (χ2v) is 1.91. The number of carbonyl (C=O) groups excluding carboxylic acids is 1. The first-order chi connectivity index (χ1) is 4.72. The maximum atomic E-state index is 10.7. The molecule has 0 unspecified atom stereocenters. The normalized spacial score (nSPS) is 9.00. The fourth-order valence-electron chi connectivity index (χ4n) is 0.621. The number of hydrogen-bond donors (Lipinski definition) is 1. The van der Waals surface area contributed by atoms with Crippen LogP contribution in [0.25, 0.3) is 0 Å². The summed E-state index contributed by atoms with van der Waals surface area (Å²) in [5.74, 6) is 0.0318. The molecule has 0 aliphatic carbocycles. The van der Waals surface area contributed by atoms with Crippen molar-refractivity contribution in [3.63, 3.8) is 0 Å². The highest BCUT2D eigenvalue weighted by atomic mass is 16.2. The molecule has 0 aromatic carbocycles. The molecule has 0 spiro atoms. The Morgan fingerprint density at radius 3 is 2.70 bits per heavy atom. The monoisotopic (exact) mass is 142 g/mol. The van der Waals surface area contributed by atoms with Gasteiger partial charge >= 0.3 is 0 Å². The summed E-state index contributed by atoms with van der Waals surface area (Å²) >= 11 is 0. The summed E-state index contributed by atoms with van der Waals surface area (Å²) in [5, 5.41) is 1.54. The summed E-state index contributed by atoms with van der Waals surface area (Å²) in [7, 11) is 0. The molecule has 58 valence electrons. The molecule has 10 heavy (non-hydrogen) atoms. The van der Waals surface area contributed by atoms with Crippen LogP contribution in [0.4, 0.5) is 0 Å². The van der Waals surface area contributed by atoms with E-state index >= 15 is 0 Å². The third-order valence-electron chi connectivity index (χ3n) is 1.12. The summed E-state index contributed by atoms with van der Waals surface area (Å²) < 4.78 is 0. The number of hydrazine groups is 1. The van der Waals surface area contributed by atoms with Gasteiger partial charge in [0.2, 0.25) is 5.91 Å². The Bertz CT molecular complexity index is 123. The van der Waals surface area contributed by atoms with Crippen LogP contribution < -0.4 is 5.43 Å². The van der Waals surface area contributed by atoms with Crippen LogP contribution in [0.1, 0.15) is 13.8 Å². The van der Waals surface area contributed by atoms with Gasteiger partial charge in [-0.15, -0.1) is 6.58 Å². The van der Waals surface area contributed by atoms with Crippen LogP contribution in [0.5, 0.6) is 0 Å². The molecule has 0 aromatic rings. The molecular formula is C7H14N2O. The largest absolute Gasteiger partial charge is 0.278 e. The minimum atomic E-state index is 0.0318. The van der Waals surface area contributed by atoms with E-state index in [4.69, 9.17) is 0 Å². The van der Waals surface area contributed by atoms with Crippen LogP contribution in [0, 0.1) is 0 Å². The predicted octanol–water partition coefficient (Wildman–Crippen LogP) is 0.545. The fourth-order valence-corrected chi connectivity index (χ4v) is 0.621. The molecule has 3 nitrogen and oxygen atoms in total. The maximum Gasteiger partial charge on any atom is 0.233 e. The molecular weight excluding hydrogens is 128 g/mol. The van der Waals surface area contributed by atoms with Crippen LogP contribution >= 0.6 is 0 Å². The number of amides is 1. The number of rotatable bonds is 4. The number of nitrogens with zero attached hydrogens (tertiary/aromatic N) is 1. The molecule has 1 N–H and O–H groups in total. The van der Waals surface area contributed by atoms with Crippen molar-refractivity contribution in [1.82, 2.24) is 10.4 Å². The van der Waals surface area contributed by atoms with Gasteiger partial charge in [-0.25, -0.2) is 5.43 Å². The van der Waals surface area contributed by atoms with Crippen LogP contribution in [-0.4, -0.2) is 24.0 Å². The minimum Gasteiger partial charge on any atom is -0.278 e. The highest BCUT2D eigenvalue weighted by molar-refractivity contribution is 5.72. The standard InChI is InChI=1S/C7H14N2O/c1-4-6-8-9(5-2)7(3)10/h4,8H,1,5-6H2,2-3H3. The van der Waals surface area contributed by atoms with E-state index in [0.717, 1.165) is 0 Å². The van der Waals surface area contributed by atoms with E-state index < -0.39 is 0 Å². The van der Waals surface area contributed by atoms with Gasteiger partial charge < -0.3 is 0 Å². The first-order valence-corrected chi connectivity index (χ1v) is 3.34. The molecule has 0 bridgehead atoms. The van der Waals surface area contributed by atoms with Crippen molar-refractivity contribution in [2.45, 2.75) is 13.8 Å². The highest BCUT2D eigenvalue weighted by Gasteiger charge is 2.01. The van der Waals surface area contributed by atoms with Crippen molar-refractivity contribution in [2.24, 2.45) is 0 Å². The minimum absolute atomic E-state index is 0.0318. The quantitative estimate of drug-likeness (QED) is 0.459. The van der Waals surface area contributed by atoms with Crippen molar-refractivity contribution in [2.75, 3.05) is 13.1 Å². The molecule has 0 heterocycles. The molecule has 3 heteroatoms. The van der Waals surface area contributed by atoms with Crippen molar-refractivity contribution >= 4 is 5.91 Å². The van der Waals surface area contributed by atoms with Gasteiger partial charge in [-0.05, 0) is 6.92 Å². The van der Waals surface area contributed by atoms with Crippen molar-refractivity contribution in [3.8, 4) is 0 Å². The summed E-state index contributed by atoms with van der Waals surface area (Å²) in [5.41, 5.74) is 2.88. The zero-order valence-electron chi connectivity index (χ0n) is 6.55. The zero-order valence-corrected chi connectivity index (χ0v) is 6.55. The predicted molar refractivity (Wildman–Crippen MR) is 41.3 cm³/mol. The van der Waals surface area contributed by atoms with Gasteiger partial charge in [-0.3, -0.25) is 9.80 Å². The Balaban J connectivity index is 3.60. The number of nitrogens with one attached hydrogen (secondary N) is 1. The van der Waals surface area contributed by atoms with Crippen LogP contribution in [0.15, 0.2) is 12.7 Å². The summed E-state index contributed by atoms with van der Waals surface area (Å²) in [6.45, 7) is 8.28. The number of carbonyl (C=O) groups is 1. The lowest BCUT2D eigenvalue weighted by Crippen LogP contribution is -2.41. The molecule has 0 saturated heterocycles. The Labute approximate surface area is 61.7 Å². The van der Waals surface area contributed by atoms with E-state index in [9.17, 15) is 4.79 Å². The van der Waals surface area contributed by atoms with Gasteiger partial charge in [0.15, 0.2) is 0 Å². The third kappa shape index (κ3) is 3.25. The summed E-state index contributed by atoms with van der Waals surface area (Å²) in [6.07, 6.45) is 1.71. The Kier molecular flexibility index (Phi) is 4.58. The SMILES string of the molecule is C=CCNN(CC)C(C)=O. The van der Waals surface area contributed by atoms with E-state index in [1.807, 2.05) is 6.92 Å². The average molecular weight is 142 g/mol. The lowest BCUT2D eigenvalue weighted by atomic mass is 10.6. The molecule has 0 atom stereocenters. The molecule has 0 aliphatic heterocycles. The van der Waals surface area contributed by atoms with Gasteiger partial charge in [-0.1, -0.05) is 6.08 Å². The Morgan fingerprint density at radius 1 is 1.80 bits per heavy atom. The Morgan fingerprint density at radius 2 is 2.40 bits per heavy atom. The first-order valence-electron chi connectivity index (χ1n) is 3.34. The van der Waals surface area contributed by atoms with E-state index in [1.54, 1.807) is 11.1 Å². The maximum absolute atomic E-state index is 10.7. The Hall–Kier alpha value is -0.830. The van der Waals surface area contributed by atoms with Gasteiger partial charge in [0, 0.05) is 20.0 Å². The topological polar surface area (TPSA) is 32.3 Å². The van der Waals surface area contributed by atoms with Crippen molar-refractivity contribution in [1.29, 1.82) is 0 Å². The van der Waals surface area contributed by atoms with Crippen LogP contribution in [-0.2, 0) is 4.79 Å². The van der Waals surface area contributed by atoms with Crippen LogP contribution in [0.2, 0.25) is 0 Å². The number of hydrogen-bond acceptors (Lipinski definition) is 2. The van der Waals surface area contributed by atoms with Gasteiger partial charge in [0.1, 0.15) is 0 Å². The van der Waals surface area contributed by atoms with E-state index in [0.29, 0.717) is 13.1 Å². The fraction of sp³-hybridized carbons (Fsp3) is 0.571. The van der Waals surface area contributed by atoms with Crippen LogP contribution in [0.3, 0.4) is 0 Å². The van der Waals surface area contributed by atoms with E-state index in [1.165, 1.54) is 6.92 Å². The van der Waals surface area contributed by atoms with Crippen molar-refractivity contribution < 1.29 is 4.79 Å². The van der Waals surface area contributed by atoms with E-state index in [2.05, 4.69) is 12.0 Å². The molecule has 0 aliphatic rings. The van der Waals surface area contributed by atoms with Gasteiger partial charge in [-0.2, -0.15) is 0 Å². The molecule has 0 rings (SSSR count). The second kappa shape index (κ2) is 4.99. The van der Waals surface area contributed by atoms with E-state index in [-0.39, 0.29) is 5.91 Å². The lowest BCUT2D eigenvalue weighted by Gasteiger charge is -2.18. The summed E-state index contributed by atoms with van der Waals surface area (Å²) in [4.78, 5) is 10.7. The van der Waals surface area contributed by atoms with Crippen molar-refractivity contribution in [3.05, 3.63) is 12.7 Å².